The topological polar surface area (TPSA) is 79.0 Å². The molecule has 3 rings (SSSR count). The summed E-state index contributed by atoms with van der Waals surface area (Å²) in [5.41, 5.74) is 0.989. The van der Waals surface area contributed by atoms with E-state index in [2.05, 4.69) is 5.32 Å². The number of benzene rings is 1. The molecule has 2 aliphatic heterocycles. The summed E-state index contributed by atoms with van der Waals surface area (Å²) >= 11 is 0. The minimum atomic E-state index is -0.536. The minimum absolute atomic E-state index is 0.00248. The van der Waals surface area contributed by atoms with E-state index in [4.69, 9.17) is 4.74 Å². The maximum absolute atomic E-state index is 12.9. The Morgan fingerprint density at radius 1 is 0.906 bits per heavy atom. The number of ether oxygens (including phenoxy) is 1. The van der Waals surface area contributed by atoms with Crippen molar-refractivity contribution in [2.45, 2.75) is 71.4 Å². The summed E-state index contributed by atoms with van der Waals surface area (Å²) in [6.45, 7) is 8.80. The van der Waals surface area contributed by atoms with Crippen molar-refractivity contribution in [1.82, 2.24) is 15.1 Å². The monoisotopic (exact) mass is 443 g/mol. The summed E-state index contributed by atoms with van der Waals surface area (Å²) < 4.78 is 5.23. The number of hydrogen-bond donors (Lipinski definition) is 1. The lowest BCUT2D eigenvalue weighted by Gasteiger charge is -2.34. The van der Waals surface area contributed by atoms with Gasteiger partial charge in [-0.1, -0.05) is 25.0 Å². The van der Waals surface area contributed by atoms with Crippen LogP contribution in [0.5, 0.6) is 0 Å². The van der Waals surface area contributed by atoms with Gasteiger partial charge in [-0.2, -0.15) is 0 Å². The Morgan fingerprint density at radius 3 is 2.06 bits per heavy atom. The average molecular weight is 444 g/mol. The average Bonchev–Trinajstić information content (AvgIpc) is 3.06. The Morgan fingerprint density at radius 2 is 1.50 bits per heavy atom. The highest BCUT2D eigenvalue weighted by Crippen LogP contribution is 2.23. The van der Waals surface area contributed by atoms with Crippen molar-refractivity contribution in [2.75, 3.05) is 26.2 Å². The van der Waals surface area contributed by atoms with Crippen molar-refractivity contribution in [1.29, 1.82) is 0 Å². The van der Waals surface area contributed by atoms with Gasteiger partial charge in [-0.3, -0.25) is 9.59 Å². The molecule has 0 bridgehead atoms. The number of hydrogen-bond acceptors (Lipinski definition) is 4. The molecule has 1 aromatic carbocycles. The number of piperidine rings is 1. The highest BCUT2D eigenvalue weighted by atomic mass is 16.6. The van der Waals surface area contributed by atoms with Crippen LogP contribution in [0.25, 0.3) is 0 Å². The largest absolute Gasteiger partial charge is 0.444 e. The van der Waals surface area contributed by atoms with Crippen LogP contribution in [0.3, 0.4) is 0 Å². The molecule has 7 heteroatoms. The van der Waals surface area contributed by atoms with Gasteiger partial charge in [0.25, 0.3) is 5.91 Å². The molecule has 0 atom stereocenters. The quantitative estimate of drug-likeness (QED) is 0.764. The van der Waals surface area contributed by atoms with E-state index in [-0.39, 0.29) is 17.7 Å². The van der Waals surface area contributed by atoms with Crippen molar-refractivity contribution >= 4 is 17.9 Å². The number of likely N-dealkylation sites (tertiary alicyclic amines) is 2. The lowest BCUT2D eigenvalue weighted by molar-refractivity contribution is -0.136. The lowest BCUT2D eigenvalue weighted by atomic mass is 9.94. The fraction of sp³-hybridized carbons (Fsp3) is 0.640. The number of rotatable bonds is 4. The number of carbonyl (C=O) groups excluding carboxylic acids is 3. The molecule has 2 fully saturated rings. The second-order valence-corrected chi connectivity index (χ2v) is 9.86. The Labute approximate surface area is 191 Å². The third-order valence-corrected chi connectivity index (χ3v) is 6.09. The van der Waals surface area contributed by atoms with Gasteiger partial charge in [0, 0.05) is 44.2 Å². The van der Waals surface area contributed by atoms with Gasteiger partial charge in [-0.05, 0) is 64.2 Å². The van der Waals surface area contributed by atoms with Gasteiger partial charge in [0.15, 0.2) is 0 Å². The van der Waals surface area contributed by atoms with E-state index < -0.39 is 11.7 Å². The molecule has 0 unspecified atom stereocenters. The fourth-order valence-corrected chi connectivity index (χ4v) is 4.31. The Hall–Kier alpha value is -2.57. The Balaban J connectivity index is 1.46. The van der Waals surface area contributed by atoms with Crippen LogP contribution in [0.1, 0.15) is 75.2 Å². The van der Waals surface area contributed by atoms with Crippen molar-refractivity contribution in [2.24, 2.45) is 5.92 Å². The molecule has 2 aliphatic rings. The third-order valence-electron chi connectivity index (χ3n) is 6.09. The normalized spacial score (nSPS) is 18.1. The first-order valence-electron chi connectivity index (χ1n) is 11.9. The van der Waals surface area contributed by atoms with Crippen LogP contribution < -0.4 is 5.32 Å². The SMILES string of the molecule is CC(C)(C)OC(=O)NCc1ccc(C(=O)N2CCC(C(=O)N3CCCCCC3)CC2)cc1. The maximum atomic E-state index is 12.9. The van der Waals surface area contributed by atoms with Gasteiger partial charge in [0.1, 0.15) is 5.60 Å². The molecule has 176 valence electrons. The van der Waals surface area contributed by atoms with E-state index >= 15 is 0 Å². The van der Waals surface area contributed by atoms with Gasteiger partial charge < -0.3 is 19.9 Å². The molecule has 2 heterocycles. The van der Waals surface area contributed by atoms with Crippen molar-refractivity contribution < 1.29 is 19.1 Å². The fourth-order valence-electron chi connectivity index (χ4n) is 4.31. The van der Waals surface area contributed by atoms with E-state index in [1.54, 1.807) is 12.1 Å². The van der Waals surface area contributed by atoms with Crippen LogP contribution >= 0.6 is 0 Å². The first-order valence-corrected chi connectivity index (χ1v) is 11.9. The highest BCUT2D eigenvalue weighted by molar-refractivity contribution is 5.94. The molecule has 0 saturated carbocycles. The van der Waals surface area contributed by atoms with Crippen LogP contribution in [0, 0.1) is 5.92 Å². The lowest BCUT2D eigenvalue weighted by Crippen LogP contribution is -2.44. The van der Waals surface area contributed by atoms with Crippen LogP contribution in [-0.2, 0) is 16.1 Å². The summed E-state index contributed by atoms with van der Waals surface area (Å²) in [6, 6.07) is 7.28. The maximum Gasteiger partial charge on any atom is 0.407 e. The number of nitrogens with zero attached hydrogens (tertiary/aromatic N) is 2. The van der Waals surface area contributed by atoms with Gasteiger partial charge in [-0.15, -0.1) is 0 Å². The molecule has 3 amide bonds. The summed E-state index contributed by atoms with van der Waals surface area (Å²) in [6.07, 6.45) is 5.64. The van der Waals surface area contributed by atoms with Crippen LogP contribution in [0.2, 0.25) is 0 Å². The van der Waals surface area contributed by atoms with Gasteiger partial charge in [0.2, 0.25) is 5.91 Å². The smallest absolute Gasteiger partial charge is 0.407 e. The molecule has 7 nitrogen and oxygen atoms in total. The predicted octanol–water partition coefficient (Wildman–Crippen LogP) is 3.97. The zero-order valence-electron chi connectivity index (χ0n) is 19.7. The van der Waals surface area contributed by atoms with Crippen molar-refractivity contribution in [3.05, 3.63) is 35.4 Å². The van der Waals surface area contributed by atoms with Crippen molar-refractivity contribution in [3.8, 4) is 0 Å². The van der Waals surface area contributed by atoms with Crippen LogP contribution in [0.15, 0.2) is 24.3 Å². The van der Waals surface area contributed by atoms with Gasteiger partial charge >= 0.3 is 6.09 Å². The Bertz CT molecular complexity index is 784. The summed E-state index contributed by atoms with van der Waals surface area (Å²) in [7, 11) is 0. The summed E-state index contributed by atoms with van der Waals surface area (Å²) in [5.74, 6) is 0.316. The molecule has 0 spiro atoms. The standard InChI is InChI=1S/C25H37N3O4/c1-25(2,3)32-24(31)26-18-19-8-10-20(11-9-19)22(29)28-16-12-21(13-17-28)23(30)27-14-6-4-5-7-15-27/h8-11,21H,4-7,12-18H2,1-3H3,(H,26,31). The molecular formula is C25H37N3O4. The van der Waals surface area contributed by atoms with Gasteiger partial charge in [0.05, 0.1) is 0 Å². The van der Waals surface area contributed by atoms with E-state index in [9.17, 15) is 14.4 Å². The van der Waals surface area contributed by atoms with E-state index in [1.165, 1.54) is 12.8 Å². The Kier molecular flexibility index (Phi) is 8.15. The number of carbonyl (C=O) groups is 3. The second kappa shape index (κ2) is 10.8. The molecule has 1 N–H and O–H groups in total. The van der Waals surface area contributed by atoms with Gasteiger partial charge in [-0.25, -0.2) is 4.79 Å². The zero-order valence-corrected chi connectivity index (χ0v) is 19.7. The molecule has 32 heavy (non-hydrogen) atoms. The minimum Gasteiger partial charge on any atom is -0.444 e. The second-order valence-electron chi connectivity index (χ2n) is 9.86. The van der Waals surface area contributed by atoms with E-state index in [1.807, 2.05) is 42.7 Å². The molecule has 1 aromatic rings. The molecule has 2 saturated heterocycles. The van der Waals surface area contributed by atoms with Crippen molar-refractivity contribution in [3.63, 3.8) is 0 Å². The number of nitrogens with one attached hydrogen (secondary N) is 1. The summed E-state index contributed by atoms with van der Waals surface area (Å²) in [5, 5.41) is 2.72. The third kappa shape index (κ3) is 6.97. The molecule has 0 radical (unpaired) electrons. The zero-order chi connectivity index (χ0) is 23.1. The van der Waals surface area contributed by atoms with Crippen LogP contribution in [-0.4, -0.2) is 59.5 Å². The van der Waals surface area contributed by atoms with E-state index in [0.717, 1.165) is 44.3 Å². The van der Waals surface area contributed by atoms with Crippen LogP contribution in [0.4, 0.5) is 4.79 Å². The molecular weight excluding hydrogens is 406 g/mol. The number of alkyl carbamates (subject to hydrolysis) is 1. The first-order chi connectivity index (χ1) is 15.2. The summed E-state index contributed by atoms with van der Waals surface area (Å²) in [4.78, 5) is 41.4. The van der Waals surface area contributed by atoms with E-state index in [0.29, 0.717) is 25.2 Å². The molecule has 0 aromatic heterocycles. The number of amides is 3. The molecule has 0 aliphatic carbocycles. The highest BCUT2D eigenvalue weighted by Gasteiger charge is 2.30. The first kappa shape index (κ1) is 24.1. The predicted molar refractivity (Wildman–Crippen MR) is 123 cm³/mol.